The molecule has 0 saturated heterocycles. The minimum atomic E-state index is -3.81. The van der Waals surface area contributed by atoms with Crippen LogP contribution in [0.15, 0.2) is 0 Å². The fourth-order valence-electron chi connectivity index (χ4n) is 5.24. The van der Waals surface area contributed by atoms with E-state index in [4.69, 9.17) is 29.4 Å². The summed E-state index contributed by atoms with van der Waals surface area (Å²) in [6.45, 7) is 1.56. The standard InChI is InChI=1S/2C18H38.H3N.2H3O3PS/c2*1-3-5-7-9-11-13-15-17-18-16-14-12-10-8-6-4-2;;2*1-4(2,3)5/h2*3-18H2,1-2H3;1H3;2*(H3,1,2,3,5). The summed E-state index contributed by atoms with van der Waals surface area (Å²) in [5.41, 5.74) is 0. The molecule has 0 bridgehead atoms. The Morgan fingerprint density at radius 1 is 0.255 bits per heavy atom. The number of unbranched alkanes of at least 4 members (excludes halogenated alkanes) is 30. The maximum absolute atomic E-state index is 7.56. The van der Waals surface area contributed by atoms with Crippen molar-refractivity contribution in [3.05, 3.63) is 0 Å². The molecule has 0 radical (unpaired) electrons. The van der Waals surface area contributed by atoms with Crippen molar-refractivity contribution in [2.45, 2.75) is 233 Å². The van der Waals surface area contributed by atoms with Crippen LogP contribution >= 0.6 is 13.4 Å². The molecule has 11 heteroatoms. The molecule has 0 aliphatic carbocycles. The van der Waals surface area contributed by atoms with Crippen molar-refractivity contribution < 1.29 is 29.4 Å². The molecule has 0 aromatic rings. The Labute approximate surface area is 304 Å². The first kappa shape index (κ1) is 57.4. The molecule has 292 valence electrons. The third-order valence-electron chi connectivity index (χ3n) is 7.91. The van der Waals surface area contributed by atoms with Gasteiger partial charge >= 0.3 is 13.4 Å². The van der Waals surface area contributed by atoms with Gasteiger partial charge in [0.05, 0.1) is 0 Å². The maximum Gasteiger partial charge on any atom is 0.319 e. The first-order chi connectivity index (χ1) is 21.8. The number of hydrogen-bond acceptors (Lipinski definition) is 3. The fraction of sp³-hybridized carbons (Fsp3) is 1.00. The Hall–Kier alpha value is 1.02. The van der Waals surface area contributed by atoms with Crippen molar-refractivity contribution in [2.75, 3.05) is 0 Å². The summed E-state index contributed by atoms with van der Waals surface area (Å²) in [7, 11) is 0. The molecule has 0 rings (SSSR count). The van der Waals surface area contributed by atoms with Crippen LogP contribution in [-0.4, -0.2) is 29.4 Å². The predicted molar refractivity (Wildman–Crippen MR) is 217 cm³/mol. The van der Waals surface area contributed by atoms with Crippen LogP contribution in [-0.2, 0) is 23.6 Å². The van der Waals surface area contributed by atoms with Gasteiger partial charge in [0.1, 0.15) is 0 Å². The molecule has 0 spiro atoms. The van der Waals surface area contributed by atoms with E-state index in [0.717, 1.165) is 0 Å². The zero-order valence-electron chi connectivity index (χ0n) is 31.7. The summed E-state index contributed by atoms with van der Waals surface area (Å²) >= 11 is 7.21. The molecule has 0 amide bonds. The van der Waals surface area contributed by atoms with Crippen molar-refractivity contribution in [1.82, 2.24) is 6.15 Å². The highest BCUT2D eigenvalue weighted by molar-refractivity contribution is 8.06. The third-order valence-corrected chi connectivity index (χ3v) is 7.91. The Kier molecular flexibility index (Phi) is 60.0. The average Bonchev–Trinajstić information content (AvgIpc) is 2.96. The van der Waals surface area contributed by atoms with Gasteiger partial charge in [0.2, 0.25) is 0 Å². The smallest absolute Gasteiger partial charge is 0.319 e. The van der Waals surface area contributed by atoms with Gasteiger partial charge in [0, 0.05) is 0 Å². The minimum absolute atomic E-state index is 0. The van der Waals surface area contributed by atoms with Crippen LogP contribution in [0.4, 0.5) is 0 Å². The lowest BCUT2D eigenvalue weighted by molar-refractivity contribution is 0.361. The molecule has 47 heavy (non-hydrogen) atoms. The molecule has 0 aliphatic heterocycles. The van der Waals surface area contributed by atoms with E-state index in [1.807, 2.05) is 0 Å². The van der Waals surface area contributed by atoms with E-state index in [-0.39, 0.29) is 6.15 Å². The molecule has 0 heterocycles. The van der Waals surface area contributed by atoms with Gasteiger partial charge in [-0.15, -0.1) is 0 Å². The Morgan fingerprint density at radius 3 is 0.383 bits per heavy atom. The second kappa shape index (κ2) is 49.1. The van der Waals surface area contributed by atoms with Crippen molar-refractivity contribution in [3.8, 4) is 0 Å². The average molecular weight is 754 g/mol. The normalized spacial score (nSPS) is 10.9. The molecule has 7 nitrogen and oxygen atoms in total. The summed E-state index contributed by atoms with van der Waals surface area (Å²) in [6.07, 6.45) is 46.8. The fourth-order valence-corrected chi connectivity index (χ4v) is 5.24. The van der Waals surface area contributed by atoms with Crippen molar-refractivity contribution in [3.63, 3.8) is 0 Å². The monoisotopic (exact) mass is 754 g/mol. The predicted octanol–water partition coefficient (Wildman–Crippen LogP) is 13.1. The van der Waals surface area contributed by atoms with E-state index < -0.39 is 13.4 Å². The lowest BCUT2D eigenvalue weighted by atomic mass is 10.0. The summed E-state index contributed by atoms with van der Waals surface area (Å²) in [6, 6.07) is 0. The van der Waals surface area contributed by atoms with Gasteiger partial charge in [-0.2, -0.15) is 0 Å². The zero-order chi connectivity index (χ0) is 35.6. The third kappa shape index (κ3) is 99.0. The summed E-state index contributed by atoms with van der Waals surface area (Å²) in [4.78, 5) is 45.3. The van der Waals surface area contributed by atoms with Crippen molar-refractivity contribution in [2.24, 2.45) is 0 Å². The molecule has 0 aromatic heterocycles. The SMILES string of the molecule is CCCCCCCCCCCCCCCCCC.CCCCCCCCCCCCCCCCCC.N.OP(O)(O)=S.OP(O)(O)=S. The molecule has 0 fully saturated rings. The highest BCUT2D eigenvalue weighted by Crippen LogP contribution is 2.27. The maximum atomic E-state index is 7.56. The molecule has 0 unspecified atom stereocenters. The second-order valence-electron chi connectivity index (χ2n) is 12.9. The highest BCUT2D eigenvalue weighted by Gasteiger charge is 1.96. The molecule has 0 aliphatic rings. The van der Waals surface area contributed by atoms with Crippen LogP contribution in [0.2, 0.25) is 0 Å². The number of rotatable bonds is 30. The van der Waals surface area contributed by atoms with E-state index >= 15 is 0 Å². The van der Waals surface area contributed by atoms with Gasteiger partial charge in [-0.25, -0.2) is 0 Å². The molecule has 9 N–H and O–H groups in total. The van der Waals surface area contributed by atoms with E-state index in [1.54, 1.807) is 0 Å². The molecule has 0 atom stereocenters. The van der Waals surface area contributed by atoms with E-state index in [0.29, 0.717) is 0 Å². The van der Waals surface area contributed by atoms with Crippen LogP contribution in [0.25, 0.3) is 0 Å². The lowest BCUT2D eigenvalue weighted by Crippen LogP contribution is -1.83. The molecular weight excluding hydrogens is 668 g/mol. The van der Waals surface area contributed by atoms with Gasteiger partial charge in [-0.1, -0.05) is 233 Å². The van der Waals surface area contributed by atoms with Gasteiger partial charge in [-0.3, -0.25) is 0 Å². The van der Waals surface area contributed by atoms with Crippen LogP contribution in [0.5, 0.6) is 0 Å². The highest BCUT2D eigenvalue weighted by atomic mass is 32.5. The summed E-state index contributed by atoms with van der Waals surface area (Å²) < 4.78 is 0. The minimum Gasteiger partial charge on any atom is -0.344 e. The Morgan fingerprint density at radius 2 is 0.319 bits per heavy atom. The van der Waals surface area contributed by atoms with Crippen LogP contribution in [0.3, 0.4) is 0 Å². The largest absolute Gasteiger partial charge is 0.344 e. The second-order valence-corrected chi connectivity index (χ2v) is 17.9. The summed E-state index contributed by atoms with van der Waals surface area (Å²) in [5, 5.41) is 0. The lowest BCUT2D eigenvalue weighted by Gasteiger charge is -2.03. The first-order valence-corrected chi connectivity index (χ1v) is 24.7. The Bertz CT molecular complexity index is 524. The molecule has 0 aromatic carbocycles. The van der Waals surface area contributed by atoms with Gasteiger partial charge in [0.25, 0.3) is 0 Å². The number of hydrogen-bond donors (Lipinski definition) is 7. The van der Waals surface area contributed by atoms with E-state index in [1.165, 1.54) is 205 Å². The van der Waals surface area contributed by atoms with E-state index in [9.17, 15) is 0 Å². The van der Waals surface area contributed by atoms with Gasteiger partial charge < -0.3 is 35.5 Å². The van der Waals surface area contributed by atoms with Crippen LogP contribution in [0.1, 0.15) is 233 Å². The quantitative estimate of drug-likeness (QED) is 0.0280. The topological polar surface area (TPSA) is 156 Å². The molecule has 0 saturated carbocycles. The van der Waals surface area contributed by atoms with E-state index in [2.05, 4.69) is 51.3 Å². The van der Waals surface area contributed by atoms with Crippen molar-refractivity contribution >= 4 is 37.1 Å². The van der Waals surface area contributed by atoms with Crippen LogP contribution in [0, 0.1) is 0 Å². The Balaban J connectivity index is -0.000000191. The zero-order valence-corrected chi connectivity index (χ0v) is 35.2. The van der Waals surface area contributed by atoms with Crippen molar-refractivity contribution in [1.29, 1.82) is 0 Å². The molecular formula is C36H85NO6P2S2. The van der Waals surface area contributed by atoms with Gasteiger partial charge in [-0.05, 0) is 23.6 Å². The van der Waals surface area contributed by atoms with Gasteiger partial charge in [0.15, 0.2) is 0 Å². The summed E-state index contributed by atoms with van der Waals surface area (Å²) in [5.74, 6) is 0. The van der Waals surface area contributed by atoms with Crippen LogP contribution < -0.4 is 6.15 Å². The first-order valence-electron chi connectivity index (χ1n) is 19.4.